The number of benzene rings is 1. The molecule has 0 aliphatic rings. The minimum absolute atomic E-state index is 0.494. The van der Waals surface area contributed by atoms with Crippen molar-refractivity contribution in [1.82, 2.24) is 10.3 Å². The molecule has 0 aliphatic heterocycles. The third-order valence-electron chi connectivity index (χ3n) is 3.40. The summed E-state index contributed by atoms with van der Waals surface area (Å²) >= 11 is 0. The van der Waals surface area contributed by atoms with Gasteiger partial charge in [-0.2, -0.15) is 0 Å². The summed E-state index contributed by atoms with van der Waals surface area (Å²) in [4.78, 5) is 4.00. The molecular formula is C18H24N2O3. The number of rotatable bonds is 10. The highest BCUT2D eigenvalue weighted by Gasteiger charge is 2.06. The monoisotopic (exact) mass is 316 g/mol. The maximum Gasteiger partial charge on any atom is 0.161 e. The number of nitrogens with one attached hydrogen (secondary N) is 1. The van der Waals surface area contributed by atoms with Crippen LogP contribution in [0.5, 0.6) is 11.5 Å². The summed E-state index contributed by atoms with van der Waals surface area (Å²) in [6.07, 6.45) is 4.52. The fraction of sp³-hybridized carbons (Fsp3) is 0.389. The molecule has 0 fully saturated rings. The van der Waals surface area contributed by atoms with Crippen molar-refractivity contribution in [2.24, 2.45) is 0 Å². The fourth-order valence-electron chi connectivity index (χ4n) is 2.16. The summed E-state index contributed by atoms with van der Waals surface area (Å²) in [6.45, 7) is 2.99. The maximum atomic E-state index is 5.84. The number of aromatic nitrogens is 1. The molecular weight excluding hydrogens is 292 g/mol. The van der Waals surface area contributed by atoms with Gasteiger partial charge in [0, 0.05) is 32.7 Å². The number of nitrogens with zero attached hydrogens (tertiary/aromatic N) is 1. The third-order valence-corrected chi connectivity index (χ3v) is 3.40. The van der Waals surface area contributed by atoms with Crippen LogP contribution in [0.1, 0.15) is 17.5 Å². The zero-order valence-electron chi connectivity index (χ0n) is 13.7. The molecule has 0 atom stereocenters. The second-order valence-corrected chi connectivity index (χ2v) is 5.15. The van der Waals surface area contributed by atoms with Gasteiger partial charge < -0.3 is 19.5 Å². The molecule has 2 aromatic rings. The average Bonchev–Trinajstić information content (AvgIpc) is 2.61. The molecule has 0 spiro atoms. The lowest BCUT2D eigenvalue weighted by Crippen LogP contribution is -2.16. The highest BCUT2D eigenvalue weighted by Crippen LogP contribution is 2.28. The van der Waals surface area contributed by atoms with E-state index in [0.29, 0.717) is 6.61 Å². The second kappa shape index (κ2) is 9.82. The van der Waals surface area contributed by atoms with Gasteiger partial charge >= 0.3 is 0 Å². The molecule has 0 saturated carbocycles. The van der Waals surface area contributed by atoms with E-state index < -0.39 is 0 Å². The van der Waals surface area contributed by atoms with Crippen LogP contribution in [0, 0.1) is 0 Å². The van der Waals surface area contributed by atoms with Crippen molar-refractivity contribution >= 4 is 0 Å². The van der Waals surface area contributed by atoms with Gasteiger partial charge in [0.1, 0.15) is 6.61 Å². The molecule has 2 rings (SSSR count). The van der Waals surface area contributed by atoms with Crippen molar-refractivity contribution in [3.8, 4) is 11.5 Å². The minimum atomic E-state index is 0.494. The fourth-order valence-corrected chi connectivity index (χ4v) is 2.16. The van der Waals surface area contributed by atoms with Gasteiger partial charge in [-0.15, -0.1) is 0 Å². The highest BCUT2D eigenvalue weighted by molar-refractivity contribution is 5.43. The van der Waals surface area contributed by atoms with Crippen LogP contribution in [0.25, 0.3) is 0 Å². The van der Waals surface area contributed by atoms with Crippen LogP contribution in [-0.2, 0) is 17.9 Å². The van der Waals surface area contributed by atoms with Gasteiger partial charge in [-0.25, -0.2) is 0 Å². The number of hydrogen-bond donors (Lipinski definition) is 1. The smallest absolute Gasteiger partial charge is 0.161 e. The highest BCUT2D eigenvalue weighted by atomic mass is 16.5. The molecule has 1 N–H and O–H groups in total. The third kappa shape index (κ3) is 5.88. The Bertz CT molecular complexity index is 576. The topological polar surface area (TPSA) is 52.6 Å². The van der Waals surface area contributed by atoms with Crippen molar-refractivity contribution in [2.75, 3.05) is 27.4 Å². The van der Waals surface area contributed by atoms with Crippen LogP contribution >= 0.6 is 0 Å². The lowest BCUT2D eigenvalue weighted by atomic mass is 10.2. The van der Waals surface area contributed by atoms with Gasteiger partial charge in [0.15, 0.2) is 11.5 Å². The molecule has 0 amide bonds. The Labute approximate surface area is 137 Å². The normalized spacial score (nSPS) is 10.5. The number of methoxy groups -OCH3 is 2. The Morgan fingerprint density at radius 3 is 2.57 bits per heavy atom. The number of ether oxygens (including phenoxy) is 3. The SMILES string of the molecule is COCCCNCc1ccc(OCc2ccncc2)c(OC)c1. The van der Waals surface area contributed by atoms with Crippen molar-refractivity contribution in [1.29, 1.82) is 0 Å². The van der Waals surface area contributed by atoms with Crippen LogP contribution in [0.3, 0.4) is 0 Å². The molecule has 5 nitrogen and oxygen atoms in total. The molecule has 0 saturated heterocycles. The zero-order valence-corrected chi connectivity index (χ0v) is 13.7. The van der Waals surface area contributed by atoms with Crippen LogP contribution < -0.4 is 14.8 Å². The van der Waals surface area contributed by atoms with Gasteiger partial charge in [-0.05, 0) is 48.4 Å². The molecule has 0 unspecified atom stereocenters. The van der Waals surface area contributed by atoms with E-state index in [2.05, 4.69) is 10.3 Å². The first kappa shape index (κ1) is 17.2. The van der Waals surface area contributed by atoms with Crippen LogP contribution in [0.4, 0.5) is 0 Å². The summed E-state index contributed by atoms with van der Waals surface area (Å²) < 4.78 is 16.3. The molecule has 1 heterocycles. The standard InChI is InChI=1S/C18H24N2O3/c1-21-11-3-8-20-13-16-4-5-17(18(12-16)22-2)23-14-15-6-9-19-10-7-15/h4-7,9-10,12,20H,3,8,11,13-14H2,1-2H3. The lowest BCUT2D eigenvalue weighted by molar-refractivity contribution is 0.194. The quantitative estimate of drug-likeness (QED) is 0.683. The molecule has 0 bridgehead atoms. The van der Waals surface area contributed by atoms with E-state index in [1.54, 1.807) is 26.6 Å². The second-order valence-electron chi connectivity index (χ2n) is 5.15. The van der Waals surface area contributed by atoms with Gasteiger partial charge in [0.05, 0.1) is 7.11 Å². The Morgan fingerprint density at radius 1 is 1.00 bits per heavy atom. The van der Waals surface area contributed by atoms with Crippen molar-refractivity contribution in [3.05, 3.63) is 53.9 Å². The van der Waals surface area contributed by atoms with Gasteiger partial charge in [0.25, 0.3) is 0 Å². The van der Waals surface area contributed by atoms with E-state index in [-0.39, 0.29) is 0 Å². The van der Waals surface area contributed by atoms with E-state index in [1.165, 1.54) is 0 Å². The van der Waals surface area contributed by atoms with Gasteiger partial charge in [-0.3, -0.25) is 4.98 Å². The van der Waals surface area contributed by atoms with Crippen molar-refractivity contribution < 1.29 is 14.2 Å². The Kier molecular flexibility index (Phi) is 7.36. The van der Waals surface area contributed by atoms with E-state index in [0.717, 1.165) is 48.7 Å². The lowest BCUT2D eigenvalue weighted by Gasteiger charge is -2.12. The molecule has 124 valence electrons. The van der Waals surface area contributed by atoms with E-state index in [1.807, 2.05) is 30.3 Å². The van der Waals surface area contributed by atoms with Crippen molar-refractivity contribution in [2.45, 2.75) is 19.6 Å². The van der Waals surface area contributed by atoms with Gasteiger partial charge in [-0.1, -0.05) is 6.07 Å². The van der Waals surface area contributed by atoms with Gasteiger partial charge in [0.2, 0.25) is 0 Å². The summed E-state index contributed by atoms with van der Waals surface area (Å²) in [5, 5.41) is 3.38. The summed E-state index contributed by atoms with van der Waals surface area (Å²) in [7, 11) is 3.37. The molecule has 1 aromatic carbocycles. The predicted molar refractivity (Wildman–Crippen MR) is 89.8 cm³/mol. The first-order chi connectivity index (χ1) is 11.3. The summed E-state index contributed by atoms with van der Waals surface area (Å²) in [5.41, 5.74) is 2.24. The van der Waals surface area contributed by atoms with E-state index >= 15 is 0 Å². The number of hydrogen-bond acceptors (Lipinski definition) is 5. The van der Waals surface area contributed by atoms with E-state index in [9.17, 15) is 0 Å². The number of pyridine rings is 1. The Hall–Kier alpha value is -2.11. The molecule has 5 heteroatoms. The van der Waals surface area contributed by atoms with Crippen LogP contribution in [-0.4, -0.2) is 32.4 Å². The predicted octanol–water partition coefficient (Wildman–Crippen LogP) is 2.80. The largest absolute Gasteiger partial charge is 0.493 e. The van der Waals surface area contributed by atoms with Crippen LogP contribution in [0.2, 0.25) is 0 Å². The average molecular weight is 316 g/mol. The minimum Gasteiger partial charge on any atom is -0.493 e. The summed E-state index contributed by atoms with van der Waals surface area (Å²) in [5.74, 6) is 1.49. The summed E-state index contributed by atoms with van der Waals surface area (Å²) in [6, 6.07) is 9.88. The molecule has 0 radical (unpaired) electrons. The Balaban J connectivity index is 1.88. The van der Waals surface area contributed by atoms with Crippen LogP contribution in [0.15, 0.2) is 42.7 Å². The molecule has 0 aliphatic carbocycles. The molecule has 1 aromatic heterocycles. The maximum absolute atomic E-state index is 5.84. The zero-order chi connectivity index (χ0) is 16.3. The van der Waals surface area contributed by atoms with Crippen molar-refractivity contribution in [3.63, 3.8) is 0 Å². The Morgan fingerprint density at radius 2 is 1.83 bits per heavy atom. The molecule has 23 heavy (non-hydrogen) atoms. The first-order valence-electron chi connectivity index (χ1n) is 7.71. The first-order valence-corrected chi connectivity index (χ1v) is 7.71. The van der Waals surface area contributed by atoms with E-state index in [4.69, 9.17) is 14.2 Å².